The van der Waals surface area contributed by atoms with Gasteiger partial charge in [0.1, 0.15) is 5.75 Å². The van der Waals surface area contributed by atoms with Crippen molar-refractivity contribution in [1.29, 1.82) is 0 Å². The molecule has 7 heteroatoms. The molecule has 1 aromatic carbocycles. The van der Waals surface area contributed by atoms with Crippen LogP contribution in [0.4, 0.5) is 13.2 Å². The second kappa shape index (κ2) is 4.61. The smallest absolute Gasteiger partial charge is 0.420 e. The van der Waals surface area contributed by atoms with Crippen LogP contribution in [0, 0.1) is 0 Å². The average Bonchev–Trinajstić information content (AvgIpc) is 2.14. The molecule has 1 rings (SSSR count). The summed E-state index contributed by atoms with van der Waals surface area (Å²) in [6, 6.07) is 2.85. The highest BCUT2D eigenvalue weighted by Crippen LogP contribution is 2.37. The summed E-state index contributed by atoms with van der Waals surface area (Å²) in [6.45, 7) is -0.843. The number of rotatable bonds is 3. The van der Waals surface area contributed by atoms with Gasteiger partial charge in [-0.1, -0.05) is 11.6 Å². The van der Waals surface area contributed by atoms with Crippen molar-refractivity contribution < 1.29 is 27.8 Å². The molecule has 0 atom stereocenters. The van der Waals surface area contributed by atoms with Crippen LogP contribution in [0.1, 0.15) is 5.56 Å². The van der Waals surface area contributed by atoms with Gasteiger partial charge >= 0.3 is 12.1 Å². The topological polar surface area (TPSA) is 46.5 Å². The van der Waals surface area contributed by atoms with E-state index in [1.54, 1.807) is 0 Å². The molecule has 0 saturated heterocycles. The molecule has 0 bridgehead atoms. The number of ether oxygens (including phenoxy) is 1. The fourth-order valence-corrected chi connectivity index (χ4v) is 1.16. The lowest BCUT2D eigenvalue weighted by Gasteiger charge is -2.12. The van der Waals surface area contributed by atoms with E-state index >= 15 is 0 Å². The zero-order chi connectivity index (χ0) is 12.3. The van der Waals surface area contributed by atoms with Gasteiger partial charge in [-0.05, 0) is 18.2 Å². The third kappa shape index (κ3) is 3.30. The van der Waals surface area contributed by atoms with E-state index in [1.807, 2.05) is 0 Å². The third-order valence-electron chi connectivity index (χ3n) is 1.60. The Hall–Kier alpha value is -1.43. The Morgan fingerprint density at radius 1 is 1.44 bits per heavy atom. The molecule has 16 heavy (non-hydrogen) atoms. The summed E-state index contributed by atoms with van der Waals surface area (Å²) in [5.74, 6) is -1.91. The predicted molar refractivity (Wildman–Crippen MR) is 49.6 cm³/mol. The molecular formula is C9H6ClF3O3. The first kappa shape index (κ1) is 12.6. The monoisotopic (exact) mass is 254 g/mol. The van der Waals surface area contributed by atoms with Gasteiger partial charge in [-0.25, -0.2) is 4.79 Å². The van der Waals surface area contributed by atoms with Gasteiger partial charge < -0.3 is 9.84 Å². The molecular weight excluding hydrogens is 249 g/mol. The van der Waals surface area contributed by atoms with E-state index in [9.17, 15) is 18.0 Å². The molecule has 0 radical (unpaired) electrons. The molecule has 0 aliphatic carbocycles. The number of halogens is 4. The molecule has 1 N–H and O–H groups in total. The molecule has 3 nitrogen and oxygen atoms in total. The lowest BCUT2D eigenvalue weighted by atomic mass is 10.2. The summed E-state index contributed by atoms with van der Waals surface area (Å²) < 4.78 is 41.9. The van der Waals surface area contributed by atoms with Gasteiger partial charge in [-0.3, -0.25) is 0 Å². The predicted octanol–water partition coefficient (Wildman–Crippen LogP) is 2.82. The fourth-order valence-electron chi connectivity index (χ4n) is 0.989. The Labute approximate surface area is 93.4 Å². The van der Waals surface area contributed by atoms with Crippen molar-refractivity contribution in [2.24, 2.45) is 0 Å². The summed E-state index contributed by atoms with van der Waals surface area (Å²) in [7, 11) is 0. The number of hydrogen-bond acceptors (Lipinski definition) is 2. The van der Waals surface area contributed by atoms with Crippen LogP contribution in [0.25, 0.3) is 0 Å². The first-order valence-electron chi connectivity index (χ1n) is 4.02. The Morgan fingerprint density at radius 2 is 2.06 bits per heavy atom. The van der Waals surface area contributed by atoms with Crippen LogP contribution in [0.3, 0.4) is 0 Å². The number of carboxylic acids is 1. The van der Waals surface area contributed by atoms with Gasteiger partial charge in [0.15, 0.2) is 6.61 Å². The Bertz CT molecular complexity index is 403. The van der Waals surface area contributed by atoms with Gasteiger partial charge in [-0.2, -0.15) is 13.2 Å². The number of hydrogen-bond donors (Lipinski definition) is 1. The summed E-state index contributed by atoms with van der Waals surface area (Å²) in [6.07, 6.45) is -4.64. The first-order chi connectivity index (χ1) is 7.30. The maximum Gasteiger partial charge on any atom is 0.420 e. The van der Waals surface area contributed by atoms with Gasteiger partial charge in [-0.15, -0.1) is 0 Å². The largest absolute Gasteiger partial charge is 0.481 e. The summed E-state index contributed by atoms with van der Waals surface area (Å²) in [5.41, 5.74) is -1.10. The minimum atomic E-state index is -4.64. The van der Waals surface area contributed by atoms with Crippen LogP contribution in [0.5, 0.6) is 5.75 Å². The number of carbonyl (C=O) groups is 1. The lowest BCUT2D eigenvalue weighted by Crippen LogP contribution is -2.13. The van der Waals surface area contributed by atoms with Gasteiger partial charge in [0.05, 0.1) is 5.56 Å². The molecule has 0 spiro atoms. The van der Waals surface area contributed by atoms with Crippen molar-refractivity contribution in [3.8, 4) is 5.75 Å². The van der Waals surface area contributed by atoms with Crippen LogP contribution < -0.4 is 4.74 Å². The number of aliphatic carboxylic acids is 1. The van der Waals surface area contributed by atoms with Crippen molar-refractivity contribution >= 4 is 17.6 Å². The van der Waals surface area contributed by atoms with E-state index in [2.05, 4.69) is 4.74 Å². The molecule has 0 fully saturated rings. The van der Waals surface area contributed by atoms with E-state index in [-0.39, 0.29) is 5.02 Å². The van der Waals surface area contributed by atoms with Crippen molar-refractivity contribution in [1.82, 2.24) is 0 Å². The highest BCUT2D eigenvalue weighted by Gasteiger charge is 2.34. The normalized spacial score (nSPS) is 11.2. The lowest BCUT2D eigenvalue weighted by molar-refractivity contribution is -0.143. The van der Waals surface area contributed by atoms with E-state index in [0.29, 0.717) is 6.07 Å². The highest BCUT2D eigenvalue weighted by molar-refractivity contribution is 6.30. The van der Waals surface area contributed by atoms with Crippen LogP contribution in [0.15, 0.2) is 18.2 Å². The summed E-state index contributed by atoms with van der Waals surface area (Å²) in [4.78, 5) is 10.2. The Balaban J connectivity index is 3.03. The van der Waals surface area contributed by atoms with Crippen molar-refractivity contribution in [3.05, 3.63) is 28.8 Å². The SMILES string of the molecule is O=C(O)COc1ccc(Cl)cc1C(F)(F)F. The quantitative estimate of drug-likeness (QED) is 0.902. The van der Waals surface area contributed by atoms with Crippen molar-refractivity contribution in [2.45, 2.75) is 6.18 Å². The molecule has 1 aromatic rings. The maximum absolute atomic E-state index is 12.5. The molecule has 0 aliphatic heterocycles. The van der Waals surface area contributed by atoms with E-state index < -0.39 is 30.1 Å². The van der Waals surface area contributed by atoms with Crippen LogP contribution >= 0.6 is 11.6 Å². The van der Waals surface area contributed by atoms with Crippen LogP contribution in [-0.2, 0) is 11.0 Å². The second-order valence-electron chi connectivity index (χ2n) is 2.82. The Kier molecular flexibility index (Phi) is 3.64. The maximum atomic E-state index is 12.5. The van der Waals surface area contributed by atoms with Crippen LogP contribution in [-0.4, -0.2) is 17.7 Å². The average molecular weight is 255 g/mol. The molecule has 0 heterocycles. The first-order valence-corrected chi connectivity index (χ1v) is 4.40. The van der Waals surface area contributed by atoms with E-state index in [1.165, 1.54) is 6.07 Å². The molecule has 0 amide bonds. The van der Waals surface area contributed by atoms with Crippen molar-refractivity contribution in [3.63, 3.8) is 0 Å². The standard InChI is InChI=1S/C9H6ClF3O3/c10-5-1-2-7(16-4-8(14)15)6(3-5)9(11,12)13/h1-3H,4H2,(H,14,15). The zero-order valence-corrected chi connectivity index (χ0v) is 8.47. The third-order valence-corrected chi connectivity index (χ3v) is 1.83. The number of benzene rings is 1. The van der Waals surface area contributed by atoms with Gasteiger partial charge in [0, 0.05) is 5.02 Å². The molecule has 0 aliphatic rings. The highest BCUT2D eigenvalue weighted by atomic mass is 35.5. The molecule has 0 unspecified atom stereocenters. The minimum absolute atomic E-state index is 0.102. The molecule has 0 aromatic heterocycles. The molecule has 88 valence electrons. The van der Waals surface area contributed by atoms with Crippen LogP contribution in [0.2, 0.25) is 5.02 Å². The van der Waals surface area contributed by atoms with Gasteiger partial charge in [0.2, 0.25) is 0 Å². The second-order valence-corrected chi connectivity index (χ2v) is 3.26. The summed E-state index contributed by atoms with van der Waals surface area (Å²) in [5, 5.41) is 8.19. The zero-order valence-electron chi connectivity index (χ0n) is 7.71. The fraction of sp³-hybridized carbons (Fsp3) is 0.222. The van der Waals surface area contributed by atoms with Gasteiger partial charge in [0.25, 0.3) is 0 Å². The molecule has 0 saturated carbocycles. The summed E-state index contributed by atoms with van der Waals surface area (Å²) >= 11 is 5.41. The Morgan fingerprint density at radius 3 is 2.56 bits per heavy atom. The van der Waals surface area contributed by atoms with E-state index in [4.69, 9.17) is 16.7 Å². The number of carboxylic acid groups (broad SMARTS) is 1. The number of alkyl halides is 3. The minimum Gasteiger partial charge on any atom is -0.481 e. The van der Waals surface area contributed by atoms with E-state index in [0.717, 1.165) is 6.07 Å². The van der Waals surface area contributed by atoms with Crippen molar-refractivity contribution in [2.75, 3.05) is 6.61 Å².